The lowest BCUT2D eigenvalue weighted by atomic mass is 10.0. The predicted molar refractivity (Wildman–Crippen MR) is 85.6 cm³/mol. The number of urea groups is 1. The fraction of sp³-hybridized carbons (Fsp3) is 0.529. The Morgan fingerprint density at radius 3 is 2.79 bits per heavy atom. The second-order valence-electron chi connectivity index (χ2n) is 6.48. The molecule has 1 saturated carbocycles. The van der Waals surface area contributed by atoms with Crippen molar-refractivity contribution in [2.24, 2.45) is 11.7 Å². The summed E-state index contributed by atoms with van der Waals surface area (Å²) in [7, 11) is 0. The summed E-state index contributed by atoms with van der Waals surface area (Å²) in [6.45, 7) is 2.56. The van der Waals surface area contributed by atoms with Gasteiger partial charge >= 0.3 is 6.03 Å². The summed E-state index contributed by atoms with van der Waals surface area (Å²) in [5.41, 5.74) is 6.72. The molecule has 130 valence electrons. The molecule has 6 nitrogen and oxygen atoms in total. The van der Waals surface area contributed by atoms with Gasteiger partial charge in [-0.3, -0.25) is 4.79 Å². The smallest absolute Gasteiger partial charge is 0.318 e. The molecule has 0 spiro atoms. The van der Waals surface area contributed by atoms with Crippen molar-refractivity contribution in [3.05, 3.63) is 35.1 Å². The molecule has 3 rings (SSSR count). The summed E-state index contributed by atoms with van der Waals surface area (Å²) < 4.78 is 18.8. The number of aryl methyl sites for hydroxylation is 1. The minimum atomic E-state index is -0.767. The van der Waals surface area contributed by atoms with Gasteiger partial charge in [0.05, 0.1) is 19.2 Å². The van der Waals surface area contributed by atoms with Crippen molar-refractivity contribution in [2.45, 2.75) is 31.9 Å². The first kappa shape index (κ1) is 16.7. The van der Waals surface area contributed by atoms with Crippen LogP contribution in [0, 0.1) is 18.7 Å². The van der Waals surface area contributed by atoms with Gasteiger partial charge in [-0.1, -0.05) is 12.1 Å². The van der Waals surface area contributed by atoms with Crippen LogP contribution in [0.1, 0.15) is 30.0 Å². The van der Waals surface area contributed by atoms with Crippen molar-refractivity contribution in [3.63, 3.8) is 0 Å². The number of ether oxygens (including phenoxy) is 1. The van der Waals surface area contributed by atoms with Crippen molar-refractivity contribution in [3.8, 4) is 0 Å². The highest BCUT2D eigenvalue weighted by atomic mass is 19.1. The van der Waals surface area contributed by atoms with E-state index in [4.69, 9.17) is 10.5 Å². The molecule has 0 unspecified atom stereocenters. The van der Waals surface area contributed by atoms with Crippen LogP contribution >= 0.6 is 0 Å². The van der Waals surface area contributed by atoms with Crippen LogP contribution in [-0.4, -0.2) is 42.6 Å². The number of primary amides is 1. The Labute approximate surface area is 140 Å². The number of benzene rings is 1. The van der Waals surface area contributed by atoms with Gasteiger partial charge in [-0.25, -0.2) is 9.18 Å². The molecule has 2 aliphatic rings. The molecule has 1 saturated heterocycles. The Morgan fingerprint density at radius 1 is 1.42 bits per heavy atom. The number of halogens is 1. The van der Waals surface area contributed by atoms with Crippen LogP contribution in [0.4, 0.5) is 9.18 Å². The van der Waals surface area contributed by atoms with Gasteiger partial charge in [0.25, 0.3) is 0 Å². The zero-order valence-electron chi connectivity index (χ0n) is 13.6. The lowest BCUT2D eigenvalue weighted by molar-refractivity contribution is -0.133. The van der Waals surface area contributed by atoms with Gasteiger partial charge in [-0.15, -0.1) is 0 Å². The highest BCUT2D eigenvalue weighted by Crippen LogP contribution is 2.41. The van der Waals surface area contributed by atoms with E-state index in [1.165, 1.54) is 6.07 Å². The molecule has 1 heterocycles. The zero-order valence-corrected chi connectivity index (χ0v) is 13.6. The van der Waals surface area contributed by atoms with Crippen molar-refractivity contribution in [2.75, 3.05) is 19.7 Å². The fourth-order valence-electron chi connectivity index (χ4n) is 2.99. The third-order valence-electron chi connectivity index (χ3n) is 4.58. The van der Waals surface area contributed by atoms with Crippen LogP contribution in [-0.2, 0) is 9.53 Å². The van der Waals surface area contributed by atoms with Gasteiger partial charge in [-0.2, -0.15) is 0 Å². The van der Waals surface area contributed by atoms with E-state index < -0.39 is 12.0 Å². The topological polar surface area (TPSA) is 84.7 Å². The molecule has 2 fully saturated rings. The molecule has 3 N–H and O–H groups in total. The first-order valence-electron chi connectivity index (χ1n) is 8.18. The minimum Gasteiger partial charge on any atom is -0.367 e. The van der Waals surface area contributed by atoms with E-state index >= 15 is 0 Å². The maximum Gasteiger partial charge on any atom is 0.318 e. The number of hydrogen-bond acceptors (Lipinski definition) is 3. The highest BCUT2D eigenvalue weighted by molar-refractivity contribution is 5.81. The van der Waals surface area contributed by atoms with Crippen molar-refractivity contribution in [1.29, 1.82) is 0 Å². The first-order valence-corrected chi connectivity index (χ1v) is 8.18. The molecule has 0 bridgehead atoms. The second kappa shape index (κ2) is 6.76. The maximum absolute atomic E-state index is 13.5. The molecule has 3 amide bonds. The number of amides is 3. The number of morpholine rings is 1. The third-order valence-corrected chi connectivity index (χ3v) is 4.58. The lowest BCUT2D eigenvalue weighted by Crippen LogP contribution is -2.53. The predicted octanol–water partition coefficient (Wildman–Crippen LogP) is 1.48. The number of rotatable bonds is 4. The van der Waals surface area contributed by atoms with E-state index in [0.29, 0.717) is 18.0 Å². The van der Waals surface area contributed by atoms with Crippen molar-refractivity contribution in [1.82, 2.24) is 10.2 Å². The van der Waals surface area contributed by atoms with Crippen molar-refractivity contribution < 1.29 is 18.7 Å². The van der Waals surface area contributed by atoms with Crippen LogP contribution in [0.3, 0.4) is 0 Å². The highest BCUT2D eigenvalue weighted by Gasteiger charge is 2.36. The second-order valence-corrected chi connectivity index (χ2v) is 6.48. The Morgan fingerprint density at radius 2 is 2.17 bits per heavy atom. The van der Waals surface area contributed by atoms with Gasteiger partial charge in [0.1, 0.15) is 5.82 Å². The van der Waals surface area contributed by atoms with E-state index in [9.17, 15) is 14.0 Å². The van der Waals surface area contributed by atoms with Crippen LogP contribution in [0.5, 0.6) is 0 Å². The monoisotopic (exact) mass is 335 g/mol. The largest absolute Gasteiger partial charge is 0.367 e. The fourth-order valence-corrected chi connectivity index (χ4v) is 2.99. The third kappa shape index (κ3) is 3.67. The summed E-state index contributed by atoms with van der Waals surface area (Å²) in [5, 5.41) is 3.03. The standard InChI is InChI=1S/C17H22FN3O3/c1-10-8-12(4-5-13(10)18)15(11-2-3-11)20-17(23)21-6-7-24-14(9-21)16(19)22/h4-5,8,11,14-15H,2-3,6-7,9H2,1H3,(H2,19,22)(H,20,23)/t14-,15+/m0/s1. The Balaban J connectivity index is 1.70. The number of nitrogens with one attached hydrogen (secondary N) is 1. The SMILES string of the molecule is Cc1cc([C@H](NC(=O)N2CCO[C@H](C(N)=O)C2)C2CC2)ccc1F. The Bertz CT molecular complexity index is 648. The van der Waals surface area contributed by atoms with Crippen molar-refractivity contribution >= 4 is 11.9 Å². The molecule has 0 aromatic heterocycles. The first-order chi connectivity index (χ1) is 11.5. The van der Waals surface area contributed by atoms with Gasteiger partial charge in [0, 0.05) is 6.54 Å². The molecule has 1 aliphatic heterocycles. The van der Waals surface area contributed by atoms with Crippen LogP contribution in [0.25, 0.3) is 0 Å². The molecule has 0 radical (unpaired) electrons. The summed E-state index contributed by atoms with van der Waals surface area (Å²) in [5.74, 6) is -0.454. The summed E-state index contributed by atoms with van der Waals surface area (Å²) in [6, 6.07) is 4.54. The van der Waals surface area contributed by atoms with Gasteiger partial charge in [-0.05, 0) is 42.9 Å². The number of nitrogens with zero attached hydrogens (tertiary/aromatic N) is 1. The van der Waals surface area contributed by atoms with Crippen LogP contribution < -0.4 is 11.1 Å². The van der Waals surface area contributed by atoms with Gasteiger partial charge in [0.2, 0.25) is 5.91 Å². The average molecular weight is 335 g/mol. The minimum absolute atomic E-state index is 0.147. The maximum atomic E-state index is 13.5. The average Bonchev–Trinajstić information content (AvgIpc) is 3.40. The molecule has 1 aliphatic carbocycles. The lowest BCUT2D eigenvalue weighted by Gasteiger charge is -2.33. The molecule has 1 aromatic carbocycles. The molecule has 24 heavy (non-hydrogen) atoms. The normalized spacial score (nSPS) is 22.1. The zero-order chi connectivity index (χ0) is 17.3. The summed E-state index contributed by atoms with van der Waals surface area (Å²) in [6.07, 6.45) is 1.31. The molecule has 1 aromatic rings. The van der Waals surface area contributed by atoms with Gasteiger partial charge in [0.15, 0.2) is 6.10 Å². The number of nitrogens with two attached hydrogens (primary N) is 1. The Kier molecular flexibility index (Phi) is 4.71. The summed E-state index contributed by atoms with van der Waals surface area (Å²) in [4.78, 5) is 25.4. The summed E-state index contributed by atoms with van der Waals surface area (Å²) >= 11 is 0. The van der Waals surface area contributed by atoms with Gasteiger partial charge < -0.3 is 20.7 Å². The quantitative estimate of drug-likeness (QED) is 0.874. The van der Waals surface area contributed by atoms with E-state index in [1.54, 1.807) is 24.0 Å². The number of hydrogen-bond donors (Lipinski definition) is 2. The van der Waals surface area contributed by atoms with E-state index in [-0.39, 0.29) is 31.0 Å². The van der Waals surface area contributed by atoms with Crippen LogP contribution in [0.15, 0.2) is 18.2 Å². The van der Waals surface area contributed by atoms with E-state index in [2.05, 4.69) is 5.32 Å². The molecular formula is C17H22FN3O3. The number of carbonyl (C=O) groups is 2. The molecule has 2 atom stereocenters. The van der Waals surface area contributed by atoms with Crippen LogP contribution in [0.2, 0.25) is 0 Å². The number of carbonyl (C=O) groups excluding carboxylic acids is 2. The van der Waals surface area contributed by atoms with E-state index in [0.717, 1.165) is 18.4 Å². The molecular weight excluding hydrogens is 313 g/mol. The van der Waals surface area contributed by atoms with E-state index in [1.807, 2.05) is 0 Å². The molecule has 7 heteroatoms. The Hall–Kier alpha value is -2.15.